The summed E-state index contributed by atoms with van der Waals surface area (Å²) in [5.74, 6) is -2.64. The normalized spacial score (nSPS) is 15.8. The molecule has 1 aliphatic heterocycles. The maximum atomic E-state index is 13.2. The number of carbonyl (C=O) groups is 2. The number of hydrogen-bond donors (Lipinski definition) is 2. The number of aromatic nitrogens is 2. The van der Waals surface area contributed by atoms with Crippen molar-refractivity contribution in [3.8, 4) is 5.69 Å². The van der Waals surface area contributed by atoms with Gasteiger partial charge in [-0.05, 0) is 37.6 Å². The maximum Gasteiger partial charge on any atom is 0.314 e. The molecule has 0 aliphatic carbocycles. The van der Waals surface area contributed by atoms with Gasteiger partial charge >= 0.3 is 11.8 Å². The highest BCUT2D eigenvalue weighted by atomic mass is 32.2. The average molecular weight is 394 g/mol. The molecule has 0 saturated carbocycles. The number of halogens is 1. The number of fused-ring (bicyclic) bond motifs is 1. The molecule has 0 saturated heterocycles. The van der Waals surface area contributed by atoms with Crippen LogP contribution in [-0.4, -0.2) is 36.1 Å². The number of amides is 2. The van der Waals surface area contributed by atoms with Gasteiger partial charge in [0.2, 0.25) is 0 Å². The third-order valence-electron chi connectivity index (χ3n) is 4.29. The first kappa shape index (κ1) is 19.0. The fraction of sp³-hybridized carbons (Fsp3) is 0.353. The van der Waals surface area contributed by atoms with Gasteiger partial charge in [-0.2, -0.15) is 5.10 Å². The third kappa shape index (κ3) is 4.00. The summed E-state index contributed by atoms with van der Waals surface area (Å²) in [6.07, 6.45) is 0.653. The van der Waals surface area contributed by atoms with Crippen molar-refractivity contribution in [1.29, 1.82) is 0 Å². The molecule has 0 spiro atoms. The molecule has 0 bridgehead atoms. The Hall–Kier alpha value is -2.75. The van der Waals surface area contributed by atoms with Gasteiger partial charge in [0.05, 0.1) is 22.9 Å². The molecule has 3 rings (SSSR count). The molecule has 0 unspecified atom stereocenters. The van der Waals surface area contributed by atoms with Gasteiger partial charge in [-0.25, -0.2) is 17.5 Å². The van der Waals surface area contributed by atoms with Gasteiger partial charge in [-0.1, -0.05) is 6.92 Å². The van der Waals surface area contributed by atoms with E-state index in [9.17, 15) is 22.4 Å². The zero-order valence-corrected chi connectivity index (χ0v) is 15.6. The number of rotatable bonds is 4. The molecule has 2 amide bonds. The van der Waals surface area contributed by atoms with Crippen molar-refractivity contribution in [2.24, 2.45) is 0 Å². The summed E-state index contributed by atoms with van der Waals surface area (Å²) < 4.78 is 38.3. The van der Waals surface area contributed by atoms with Crippen LogP contribution in [0.4, 0.5) is 10.2 Å². The number of benzene rings is 1. The second-order valence-electron chi connectivity index (χ2n) is 6.43. The third-order valence-corrected chi connectivity index (χ3v) is 5.73. The average Bonchev–Trinajstić information content (AvgIpc) is 3.08. The molecule has 1 aliphatic rings. The van der Waals surface area contributed by atoms with Gasteiger partial charge in [0.25, 0.3) is 0 Å². The molecule has 27 heavy (non-hydrogen) atoms. The minimum absolute atomic E-state index is 0.0991. The number of nitrogens with zero attached hydrogens (tertiary/aromatic N) is 2. The van der Waals surface area contributed by atoms with Gasteiger partial charge in [0, 0.05) is 11.6 Å². The Morgan fingerprint density at radius 3 is 2.52 bits per heavy atom. The van der Waals surface area contributed by atoms with Crippen LogP contribution in [0.3, 0.4) is 0 Å². The van der Waals surface area contributed by atoms with Gasteiger partial charge in [-0.15, -0.1) is 0 Å². The first-order chi connectivity index (χ1) is 12.7. The van der Waals surface area contributed by atoms with E-state index in [1.165, 1.54) is 28.9 Å². The van der Waals surface area contributed by atoms with Crippen LogP contribution in [0.5, 0.6) is 0 Å². The fourth-order valence-corrected chi connectivity index (χ4v) is 4.19. The molecule has 2 aromatic rings. The predicted octanol–water partition coefficient (Wildman–Crippen LogP) is 1.29. The van der Waals surface area contributed by atoms with Crippen LogP contribution in [0.1, 0.15) is 31.5 Å². The Morgan fingerprint density at radius 1 is 1.22 bits per heavy atom. The van der Waals surface area contributed by atoms with Gasteiger partial charge in [0.15, 0.2) is 9.84 Å². The van der Waals surface area contributed by atoms with Crippen molar-refractivity contribution < 1.29 is 22.4 Å². The SMILES string of the molecule is CC[C@H](C)NC(=O)C(=O)Nc1c2c(nn1-c1ccc(F)cc1)CS(=O)(=O)C2. The molecule has 0 radical (unpaired) electrons. The lowest BCUT2D eigenvalue weighted by atomic mass is 10.2. The maximum absolute atomic E-state index is 13.2. The van der Waals surface area contributed by atoms with E-state index >= 15 is 0 Å². The van der Waals surface area contributed by atoms with Crippen LogP contribution in [0.2, 0.25) is 0 Å². The highest BCUT2D eigenvalue weighted by Crippen LogP contribution is 2.32. The monoisotopic (exact) mass is 394 g/mol. The van der Waals surface area contributed by atoms with E-state index in [4.69, 9.17) is 0 Å². The smallest absolute Gasteiger partial charge is 0.314 e. The summed E-state index contributed by atoms with van der Waals surface area (Å²) in [6.45, 7) is 3.63. The number of hydrogen-bond acceptors (Lipinski definition) is 5. The van der Waals surface area contributed by atoms with Crippen LogP contribution >= 0.6 is 0 Å². The predicted molar refractivity (Wildman–Crippen MR) is 96.4 cm³/mol. The van der Waals surface area contributed by atoms with Crippen molar-refractivity contribution in [2.45, 2.75) is 37.8 Å². The minimum atomic E-state index is -3.36. The van der Waals surface area contributed by atoms with Gasteiger partial charge < -0.3 is 10.6 Å². The van der Waals surface area contributed by atoms with E-state index in [1.807, 2.05) is 6.92 Å². The number of anilines is 1. The van der Waals surface area contributed by atoms with Crippen LogP contribution in [0, 0.1) is 5.82 Å². The lowest BCUT2D eigenvalue weighted by Gasteiger charge is -2.13. The molecule has 2 N–H and O–H groups in total. The molecule has 0 fully saturated rings. The highest BCUT2D eigenvalue weighted by Gasteiger charge is 2.34. The number of sulfone groups is 1. The van der Waals surface area contributed by atoms with Crippen molar-refractivity contribution >= 4 is 27.5 Å². The summed E-state index contributed by atoms with van der Waals surface area (Å²) in [6, 6.07) is 5.15. The molecular formula is C17H19FN4O4S. The lowest BCUT2D eigenvalue weighted by Crippen LogP contribution is -2.40. The van der Waals surface area contributed by atoms with Crippen LogP contribution in [0.25, 0.3) is 5.69 Å². The molecule has 1 aromatic heterocycles. The molecular weight excluding hydrogens is 375 g/mol. The first-order valence-electron chi connectivity index (χ1n) is 8.39. The van der Waals surface area contributed by atoms with E-state index in [-0.39, 0.29) is 23.4 Å². The van der Waals surface area contributed by atoms with E-state index in [2.05, 4.69) is 15.7 Å². The van der Waals surface area contributed by atoms with Gasteiger partial charge in [-0.3, -0.25) is 9.59 Å². The Kier molecular flexibility index (Phi) is 5.01. The van der Waals surface area contributed by atoms with Crippen LogP contribution in [0.15, 0.2) is 24.3 Å². The minimum Gasteiger partial charge on any atom is -0.345 e. The molecule has 8 nitrogen and oxygen atoms in total. The van der Waals surface area contributed by atoms with E-state index in [1.54, 1.807) is 6.92 Å². The first-order valence-corrected chi connectivity index (χ1v) is 10.2. The van der Waals surface area contributed by atoms with E-state index in [0.717, 1.165) is 0 Å². The van der Waals surface area contributed by atoms with Crippen LogP contribution in [-0.2, 0) is 30.9 Å². The van der Waals surface area contributed by atoms with Crippen molar-refractivity contribution in [2.75, 3.05) is 5.32 Å². The summed E-state index contributed by atoms with van der Waals surface area (Å²) >= 11 is 0. The Bertz CT molecular complexity index is 999. The standard InChI is InChI=1S/C17H19FN4O4S/c1-3-10(2)19-16(23)17(24)20-15-13-8-27(25,26)9-14(13)21-22(15)12-6-4-11(18)5-7-12/h4-7,10H,3,8-9H2,1-2H3,(H,19,23)(H,20,24)/t10-/m0/s1. The topological polar surface area (TPSA) is 110 Å². The zero-order chi connectivity index (χ0) is 19.8. The van der Waals surface area contributed by atoms with Crippen molar-refractivity contribution in [1.82, 2.24) is 15.1 Å². The van der Waals surface area contributed by atoms with Gasteiger partial charge in [0.1, 0.15) is 11.6 Å². The molecule has 10 heteroatoms. The van der Waals surface area contributed by atoms with Crippen molar-refractivity contribution in [3.63, 3.8) is 0 Å². The molecule has 144 valence electrons. The summed E-state index contributed by atoms with van der Waals surface area (Å²) in [4.78, 5) is 24.3. The lowest BCUT2D eigenvalue weighted by molar-refractivity contribution is -0.136. The Balaban J connectivity index is 1.96. The molecule has 1 aromatic carbocycles. The van der Waals surface area contributed by atoms with E-state index < -0.39 is 27.5 Å². The number of carbonyl (C=O) groups excluding carboxylic acids is 2. The Morgan fingerprint density at radius 2 is 1.89 bits per heavy atom. The molecule has 1 atom stereocenters. The second-order valence-corrected chi connectivity index (χ2v) is 8.50. The summed E-state index contributed by atoms with van der Waals surface area (Å²) in [5, 5.41) is 9.25. The van der Waals surface area contributed by atoms with Crippen LogP contribution < -0.4 is 10.6 Å². The zero-order valence-electron chi connectivity index (χ0n) is 14.8. The van der Waals surface area contributed by atoms with Crippen molar-refractivity contribution in [3.05, 3.63) is 41.3 Å². The summed E-state index contributed by atoms with van der Waals surface area (Å²) in [5.41, 5.74) is 1.07. The van der Waals surface area contributed by atoms with E-state index in [0.29, 0.717) is 23.4 Å². The summed E-state index contributed by atoms with van der Waals surface area (Å²) in [7, 11) is -3.36. The second kappa shape index (κ2) is 7.10. The number of nitrogens with one attached hydrogen (secondary N) is 2. The largest absolute Gasteiger partial charge is 0.345 e. The Labute approximate surface area is 155 Å². The highest BCUT2D eigenvalue weighted by molar-refractivity contribution is 7.90. The quantitative estimate of drug-likeness (QED) is 0.760. The molecule has 2 heterocycles. The fourth-order valence-electron chi connectivity index (χ4n) is 2.70.